The Balaban J connectivity index is 2.39. The molecule has 0 amide bonds. The molecular weight excluding hydrogens is 263 g/mol. The van der Waals surface area contributed by atoms with Gasteiger partial charge in [-0.3, -0.25) is 0 Å². The summed E-state index contributed by atoms with van der Waals surface area (Å²) in [4.78, 5) is 0. The molecule has 1 unspecified atom stereocenters. The number of halogens is 2. The van der Waals surface area contributed by atoms with Crippen molar-refractivity contribution in [2.45, 2.75) is 12.5 Å². The minimum atomic E-state index is -0.595. The van der Waals surface area contributed by atoms with Crippen LogP contribution < -0.4 is 0 Å². The minimum Gasteiger partial charge on any atom is -0.390 e. The summed E-state index contributed by atoms with van der Waals surface area (Å²) in [7, 11) is 1.60. The van der Waals surface area contributed by atoms with Gasteiger partial charge >= 0.3 is 0 Å². The van der Waals surface area contributed by atoms with Crippen molar-refractivity contribution < 1.29 is 14.6 Å². The predicted molar refractivity (Wildman–Crippen MR) is 68.9 cm³/mol. The van der Waals surface area contributed by atoms with Crippen LogP contribution in [-0.2, 0) is 15.9 Å². The number of methoxy groups -OCH3 is 1. The van der Waals surface area contributed by atoms with Crippen LogP contribution >= 0.6 is 23.2 Å². The van der Waals surface area contributed by atoms with Crippen LogP contribution in [0.5, 0.6) is 0 Å². The van der Waals surface area contributed by atoms with Gasteiger partial charge < -0.3 is 14.6 Å². The van der Waals surface area contributed by atoms with Gasteiger partial charge in [0.1, 0.15) is 0 Å². The van der Waals surface area contributed by atoms with Crippen LogP contribution in [0.3, 0.4) is 0 Å². The van der Waals surface area contributed by atoms with Crippen LogP contribution in [0, 0.1) is 0 Å². The summed E-state index contributed by atoms with van der Waals surface area (Å²) in [6, 6.07) is 5.19. The Morgan fingerprint density at radius 1 is 1.29 bits per heavy atom. The largest absolute Gasteiger partial charge is 0.390 e. The van der Waals surface area contributed by atoms with Crippen molar-refractivity contribution in [1.82, 2.24) is 0 Å². The molecule has 1 aromatic rings. The summed E-state index contributed by atoms with van der Waals surface area (Å²) in [5, 5.41) is 11.0. The molecule has 0 aliphatic rings. The lowest BCUT2D eigenvalue weighted by Crippen LogP contribution is -2.19. The molecular formula is C12H16Cl2O3. The van der Waals surface area contributed by atoms with Gasteiger partial charge in [-0.25, -0.2) is 0 Å². The molecule has 1 rings (SSSR count). The molecule has 0 aromatic heterocycles. The van der Waals surface area contributed by atoms with Gasteiger partial charge in [-0.2, -0.15) is 0 Å². The molecule has 3 nitrogen and oxygen atoms in total. The highest BCUT2D eigenvalue weighted by molar-refractivity contribution is 6.33. The fourth-order valence-corrected chi connectivity index (χ4v) is 1.76. The van der Waals surface area contributed by atoms with E-state index in [4.69, 9.17) is 32.7 Å². The third-order valence-electron chi connectivity index (χ3n) is 2.21. The molecule has 0 saturated heterocycles. The third kappa shape index (κ3) is 5.70. The molecule has 0 aliphatic heterocycles. The smallest absolute Gasteiger partial charge is 0.0814 e. The summed E-state index contributed by atoms with van der Waals surface area (Å²) in [5.74, 6) is 0. The standard InChI is InChI=1S/C12H16Cl2O3/c1-16-4-5-17-8-11(15)7-9-6-10(13)2-3-12(9)14/h2-3,6,11,15H,4-5,7-8H2,1H3. The molecule has 17 heavy (non-hydrogen) atoms. The quantitative estimate of drug-likeness (QED) is 0.780. The molecule has 96 valence electrons. The zero-order valence-corrected chi connectivity index (χ0v) is 11.2. The summed E-state index contributed by atoms with van der Waals surface area (Å²) < 4.78 is 10.1. The second kappa shape index (κ2) is 7.90. The van der Waals surface area contributed by atoms with Gasteiger partial charge in [-0.05, 0) is 23.8 Å². The van der Waals surface area contributed by atoms with E-state index in [0.717, 1.165) is 5.56 Å². The highest BCUT2D eigenvalue weighted by atomic mass is 35.5. The van der Waals surface area contributed by atoms with Crippen molar-refractivity contribution in [2.75, 3.05) is 26.9 Å². The van der Waals surface area contributed by atoms with Gasteiger partial charge in [-0.15, -0.1) is 0 Å². The highest BCUT2D eigenvalue weighted by Crippen LogP contribution is 2.21. The maximum absolute atomic E-state index is 9.75. The Morgan fingerprint density at radius 2 is 2.06 bits per heavy atom. The number of aliphatic hydroxyl groups excluding tert-OH is 1. The number of aliphatic hydroxyl groups is 1. The molecule has 0 aliphatic carbocycles. The molecule has 0 bridgehead atoms. The summed E-state index contributed by atoms with van der Waals surface area (Å²) in [6.07, 6.45) is -0.172. The Morgan fingerprint density at radius 3 is 2.76 bits per heavy atom. The summed E-state index contributed by atoms with van der Waals surface area (Å²) >= 11 is 11.9. The molecule has 0 saturated carbocycles. The normalized spacial score (nSPS) is 12.7. The van der Waals surface area contributed by atoms with E-state index in [-0.39, 0.29) is 6.61 Å². The van der Waals surface area contributed by atoms with Crippen LogP contribution in [0.25, 0.3) is 0 Å². The predicted octanol–water partition coefficient (Wildman–Crippen LogP) is 2.56. The van der Waals surface area contributed by atoms with E-state index in [9.17, 15) is 5.11 Å². The van der Waals surface area contributed by atoms with E-state index in [1.54, 1.807) is 25.3 Å². The average molecular weight is 279 g/mol. The van der Waals surface area contributed by atoms with Crippen molar-refractivity contribution >= 4 is 23.2 Å². The zero-order valence-electron chi connectivity index (χ0n) is 9.66. The topological polar surface area (TPSA) is 38.7 Å². The molecule has 1 atom stereocenters. The third-order valence-corrected chi connectivity index (χ3v) is 2.81. The van der Waals surface area contributed by atoms with Crippen molar-refractivity contribution in [1.29, 1.82) is 0 Å². The molecule has 0 spiro atoms. The van der Waals surface area contributed by atoms with E-state index < -0.39 is 6.10 Å². The lowest BCUT2D eigenvalue weighted by molar-refractivity contribution is 0.0137. The van der Waals surface area contributed by atoms with Crippen molar-refractivity contribution in [2.24, 2.45) is 0 Å². The van der Waals surface area contributed by atoms with E-state index in [1.807, 2.05) is 0 Å². The van der Waals surface area contributed by atoms with Crippen molar-refractivity contribution in [3.05, 3.63) is 33.8 Å². The van der Waals surface area contributed by atoms with Gasteiger partial charge in [-0.1, -0.05) is 23.2 Å². The number of hydrogen-bond donors (Lipinski definition) is 1. The Hall–Kier alpha value is -0.320. The number of hydrogen-bond acceptors (Lipinski definition) is 3. The summed E-state index contributed by atoms with van der Waals surface area (Å²) in [6.45, 7) is 1.24. The van der Waals surface area contributed by atoms with Crippen LogP contribution in [0.1, 0.15) is 5.56 Å². The Kier molecular flexibility index (Phi) is 6.85. The second-order valence-corrected chi connectivity index (χ2v) is 4.51. The fraction of sp³-hybridized carbons (Fsp3) is 0.500. The van der Waals surface area contributed by atoms with Gasteiger partial charge in [0.25, 0.3) is 0 Å². The monoisotopic (exact) mass is 278 g/mol. The Labute approximate surface area is 111 Å². The lowest BCUT2D eigenvalue weighted by Gasteiger charge is -2.12. The first-order valence-corrected chi connectivity index (χ1v) is 6.07. The average Bonchev–Trinajstić information content (AvgIpc) is 2.29. The minimum absolute atomic E-state index is 0.256. The first-order valence-electron chi connectivity index (χ1n) is 5.32. The second-order valence-electron chi connectivity index (χ2n) is 3.66. The molecule has 1 N–H and O–H groups in total. The maximum Gasteiger partial charge on any atom is 0.0814 e. The SMILES string of the molecule is COCCOCC(O)Cc1cc(Cl)ccc1Cl. The molecule has 0 heterocycles. The molecule has 1 aromatic carbocycles. The number of rotatable bonds is 7. The van der Waals surface area contributed by atoms with Crippen molar-refractivity contribution in [3.8, 4) is 0 Å². The van der Waals surface area contributed by atoms with Crippen molar-refractivity contribution in [3.63, 3.8) is 0 Å². The first kappa shape index (κ1) is 14.7. The van der Waals surface area contributed by atoms with Crippen LogP contribution in [0.2, 0.25) is 10.0 Å². The maximum atomic E-state index is 9.75. The lowest BCUT2D eigenvalue weighted by atomic mass is 10.1. The zero-order chi connectivity index (χ0) is 12.7. The number of ether oxygens (including phenoxy) is 2. The molecule has 0 radical (unpaired) electrons. The molecule has 0 fully saturated rings. The van der Waals surface area contributed by atoms with Gasteiger partial charge in [0.15, 0.2) is 0 Å². The van der Waals surface area contributed by atoms with Crippen LogP contribution in [0.15, 0.2) is 18.2 Å². The first-order chi connectivity index (χ1) is 8.13. The fourth-order valence-electron chi connectivity index (χ4n) is 1.37. The summed E-state index contributed by atoms with van der Waals surface area (Å²) in [5.41, 5.74) is 0.821. The van der Waals surface area contributed by atoms with Gasteiger partial charge in [0.05, 0.1) is 25.9 Å². The number of benzene rings is 1. The van der Waals surface area contributed by atoms with E-state index in [0.29, 0.717) is 29.7 Å². The van der Waals surface area contributed by atoms with Gasteiger partial charge in [0, 0.05) is 23.6 Å². The van der Waals surface area contributed by atoms with Crippen LogP contribution in [0.4, 0.5) is 0 Å². The van der Waals surface area contributed by atoms with Crippen LogP contribution in [-0.4, -0.2) is 38.1 Å². The Bertz CT molecular complexity index is 345. The van der Waals surface area contributed by atoms with E-state index >= 15 is 0 Å². The van der Waals surface area contributed by atoms with Gasteiger partial charge in [0.2, 0.25) is 0 Å². The van der Waals surface area contributed by atoms with E-state index in [2.05, 4.69) is 0 Å². The molecule has 5 heteroatoms. The van der Waals surface area contributed by atoms with E-state index in [1.165, 1.54) is 0 Å². The highest BCUT2D eigenvalue weighted by Gasteiger charge is 2.09.